The zero-order chi connectivity index (χ0) is 26.9. The van der Waals surface area contributed by atoms with Crippen LogP contribution in [0.5, 0.6) is 0 Å². The van der Waals surface area contributed by atoms with Gasteiger partial charge in [-0.05, 0) is 53.6 Å². The number of benzene rings is 1. The van der Waals surface area contributed by atoms with E-state index < -0.39 is 5.41 Å². The highest BCUT2D eigenvalue weighted by atomic mass is 16.1. The highest BCUT2D eigenvalue weighted by Crippen LogP contribution is 2.34. The van der Waals surface area contributed by atoms with Gasteiger partial charge < -0.3 is 9.88 Å². The zero-order valence-corrected chi connectivity index (χ0v) is 22.8. The molecule has 0 aliphatic carbocycles. The molecule has 4 aromatic rings. The van der Waals surface area contributed by atoms with Crippen molar-refractivity contribution in [1.29, 1.82) is 0 Å². The third-order valence-electron chi connectivity index (χ3n) is 7.30. The molecular formula is C29H36N8O. The first-order chi connectivity index (χ1) is 18.2. The van der Waals surface area contributed by atoms with E-state index in [0.717, 1.165) is 47.5 Å². The van der Waals surface area contributed by atoms with E-state index in [-0.39, 0.29) is 11.1 Å². The van der Waals surface area contributed by atoms with Gasteiger partial charge in [0, 0.05) is 42.8 Å². The average molecular weight is 513 g/mol. The van der Waals surface area contributed by atoms with E-state index in [9.17, 15) is 4.79 Å². The van der Waals surface area contributed by atoms with Crippen LogP contribution in [0.4, 0.5) is 0 Å². The fraction of sp³-hybridized carbons (Fsp3) is 0.379. The molecule has 0 radical (unpaired) electrons. The minimum atomic E-state index is -0.539. The molecule has 0 atom stereocenters. The molecule has 1 aliphatic rings. The van der Waals surface area contributed by atoms with Gasteiger partial charge in [-0.3, -0.25) is 9.13 Å². The van der Waals surface area contributed by atoms with Crippen molar-refractivity contribution in [1.82, 2.24) is 39.6 Å². The van der Waals surface area contributed by atoms with E-state index in [0.29, 0.717) is 12.4 Å². The Morgan fingerprint density at radius 1 is 1.11 bits per heavy atom. The molecule has 9 heteroatoms. The number of nitrogens with zero attached hydrogens (tertiary/aromatic N) is 6. The van der Waals surface area contributed by atoms with E-state index in [1.807, 2.05) is 57.7 Å². The Balaban J connectivity index is 1.65. The third kappa shape index (κ3) is 4.64. The predicted octanol–water partition coefficient (Wildman–Crippen LogP) is 4.37. The first-order valence-corrected chi connectivity index (χ1v) is 13.2. The summed E-state index contributed by atoms with van der Waals surface area (Å²) in [6.07, 6.45) is 15.1. The molecule has 0 fully saturated rings. The van der Waals surface area contributed by atoms with Crippen molar-refractivity contribution in [2.75, 3.05) is 0 Å². The number of tetrazole rings is 1. The number of unbranched alkanes of at least 4 members (excludes halogenated alkanes) is 1. The maximum atomic E-state index is 14.2. The summed E-state index contributed by atoms with van der Waals surface area (Å²) in [5.41, 5.74) is 3.42. The second-order valence-corrected chi connectivity index (χ2v) is 11.1. The van der Waals surface area contributed by atoms with Gasteiger partial charge in [-0.2, -0.15) is 5.21 Å². The lowest BCUT2D eigenvalue weighted by Gasteiger charge is -2.31. The molecule has 38 heavy (non-hydrogen) atoms. The van der Waals surface area contributed by atoms with Crippen molar-refractivity contribution in [2.45, 2.75) is 64.3 Å². The second kappa shape index (κ2) is 9.96. The summed E-state index contributed by atoms with van der Waals surface area (Å²) >= 11 is 0. The van der Waals surface area contributed by atoms with E-state index >= 15 is 0 Å². The number of H-pyrrole nitrogens is 1. The summed E-state index contributed by atoms with van der Waals surface area (Å²) in [5.74, 6) is 1.46. The first-order valence-electron chi connectivity index (χ1n) is 13.2. The van der Waals surface area contributed by atoms with Crippen LogP contribution in [0.15, 0.2) is 72.1 Å². The molecule has 1 aliphatic heterocycles. The van der Waals surface area contributed by atoms with Crippen LogP contribution in [0.25, 0.3) is 17.2 Å². The Labute approximate surface area is 222 Å². The molecular weight excluding hydrogens is 476 g/mol. The third-order valence-corrected chi connectivity index (χ3v) is 7.30. The van der Waals surface area contributed by atoms with Crippen LogP contribution in [0.1, 0.15) is 57.4 Å². The summed E-state index contributed by atoms with van der Waals surface area (Å²) in [6, 6.07) is 10.3. The lowest BCUT2D eigenvalue weighted by molar-refractivity contribution is 0.495. The number of hydrogen-bond acceptors (Lipinski definition) is 5. The Morgan fingerprint density at radius 3 is 2.58 bits per heavy atom. The SMILES string of the molecule is CCCCc1cn(-c2c(C(C)(C)C)ccn2C)c(=O)n1CC1(c2cccc(-c3nn[nH]n3)c2)C=CNC=C1. The van der Waals surface area contributed by atoms with Crippen LogP contribution in [0.3, 0.4) is 0 Å². The van der Waals surface area contributed by atoms with Crippen molar-refractivity contribution >= 4 is 0 Å². The molecule has 5 rings (SSSR count). The Bertz CT molecular complexity index is 1510. The number of dihydropyridines is 1. The minimum Gasteiger partial charge on any atom is -0.368 e. The fourth-order valence-electron chi connectivity index (χ4n) is 5.20. The second-order valence-electron chi connectivity index (χ2n) is 11.1. The van der Waals surface area contributed by atoms with Crippen LogP contribution in [0.2, 0.25) is 0 Å². The molecule has 0 bridgehead atoms. The fourth-order valence-corrected chi connectivity index (χ4v) is 5.20. The Hall–Kier alpha value is -4.14. The van der Waals surface area contributed by atoms with Crippen LogP contribution in [-0.4, -0.2) is 34.3 Å². The van der Waals surface area contributed by atoms with Gasteiger partial charge in [0.1, 0.15) is 5.82 Å². The molecule has 0 saturated heterocycles. The number of allylic oxidation sites excluding steroid dienone is 2. The molecule has 2 N–H and O–H groups in total. The van der Waals surface area contributed by atoms with Crippen molar-refractivity contribution in [3.05, 3.63) is 94.6 Å². The van der Waals surface area contributed by atoms with Gasteiger partial charge in [0.15, 0.2) is 0 Å². The monoisotopic (exact) mass is 512 g/mol. The molecule has 4 heterocycles. The molecule has 9 nitrogen and oxygen atoms in total. The maximum absolute atomic E-state index is 14.2. The molecule has 0 spiro atoms. The number of nitrogens with one attached hydrogen (secondary N) is 2. The summed E-state index contributed by atoms with van der Waals surface area (Å²) < 4.78 is 5.84. The highest BCUT2D eigenvalue weighted by Gasteiger charge is 2.32. The number of aromatic amines is 1. The topological polar surface area (TPSA) is 98.4 Å². The van der Waals surface area contributed by atoms with Gasteiger partial charge >= 0.3 is 5.69 Å². The summed E-state index contributed by atoms with van der Waals surface area (Å²) in [6.45, 7) is 9.20. The van der Waals surface area contributed by atoms with Crippen LogP contribution < -0.4 is 11.0 Å². The van der Waals surface area contributed by atoms with Crippen LogP contribution >= 0.6 is 0 Å². The average Bonchev–Trinajstić information content (AvgIpc) is 3.64. The summed E-state index contributed by atoms with van der Waals surface area (Å²) in [5, 5.41) is 17.7. The number of aryl methyl sites for hydroxylation is 2. The van der Waals surface area contributed by atoms with Crippen LogP contribution in [0, 0.1) is 0 Å². The lowest BCUT2D eigenvalue weighted by Crippen LogP contribution is -2.36. The first kappa shape index (κ1) is 25.5. The normalized spacial score (nSPS) is 14.7. The minimum absolute atomic E-state index is 0.0302. The Kier molecular flexibility index (Phi) is 6.69. The largest absolute Gasteiger partial charge is 0.368 e. The van der Waals surface area contributed by atoms with Crippen molar-refractivity contribution in [2.24, 2.45) is 7.05 Å². The number of rotatable bonds is 8. The highest BCUT2D eigenvalue weighted by molar-refractivity contribution is 5.57. The van der Waals surface area contributed by atoms with E-state index in [1.165, 1.54) is 0 Å². The molecule has 0 amide bonds. The van der Waals surface area contributed by atoms with E-state index in [1.54, 1.807) is 0 Å². The quantitative estimate of drug-likeness (QED) is 0.365. The van der Waals surface area contributed by atoms with Gasteiger partial charge in [-0.1, -0.05) is 64.5 Å². The van der Waals surface area contributed by atoms with Crippen molar-refractivity contribution in [3.8, 4) is 17.2 Å². The number of imidazole rings is 1. The molecule has 1 aromatic carbocycles. The van der Waals surface area contributed by atoms with Crippen LogP contribution in [-0.2, 0) is 30.8 Å². The predicted molar refractivity (Wildman–Crippen MR) is 149 cm³/mol. The molecule has 0 saturated carbocycles. The molecule has 198 valence electrons. The van der Waals surface area contributed by atoms with Crippen molar-refractivity contribution < 1.29 is 0 Å². The summed E-state index contributed by atoms with van der Waals surface area (Å²) in [7, 11) is 2.00. The van der Waals surface area contributed by atoms with Gasteiger partial charge in [0.2, 0.25) is 5.82 Å². The van der Waals surface area contributed by atoms with E-state index in [2.05, 4.69) is 84.0 Å². The van der Waals surface area contributed by atoms with Gasteiger partial charge in [0.05, 0.1) is 5.41 Å². The Morgan fingerprint density at radius 2 is 1.89 bits per heavy atom. The molecule has 3 aromatic heterocycles. The van der Waals surface area contributed by atoms with Gasteiger partial charge in [0.25, 0.3) is 0 Å². The number of hydrogen-bond donors (Lipinski definition) is 2. The number of aromatic nitrogens is 7. The summed E-state index contributed by atoms with van der Waals surface area (Å²) in [4.78, 5) is 14.2. The van der Waals surface area contributed by atoms with E-state index in [4.69, 9.17) is 0 Å². The lowest BCUT2D eigenvalue weighted by atomic mass is 9.78. The zero-order valence-electron chi connectivity index (χ0n) is 22.8. The maximum Gasteiger partial charge on any atom is 0.334 e. The standard InChI is InChI=1S/C29H36N8O/c1-6-7-11-23-19-36(26-24(28(2,3)4)12-17-35(26)5)27(38)37(23)20-29(13-15-30-16-14-29)22-10-8-9-21(18-22)25-31-33-34-32-25/h8-10,12-19,30H,6-7,11,20H2,1-5H3,(H,31,32,33,34). The van der Waals surface area contributed by atoms with Gasteiger partial charge in [-0.15, -0.1) is 10.2 Å². The van der Waals surface area contributed by atoms with Gasteiger partial charge in [-0.25, -0.2) is 4.79 Å². The smallest absolute Gasteiger partial charge is 0.334 e. The molecule has 0 unspecified atom stereocenters. The van der Waals surface area contributed by atoms with Crippen molar-refractivity contribution in [3.63, 3.8) is 0 Å².